The van der Waals surface area contributed by atoms with Crippen LogP contribution in [0.2, 0.25) is 0 Å². The van der Waals surface area contributed by atoms with Crippen molar-refractivity contribution in [2.24, 2.45) is 0 Å². The fraction of sp³-hybridized carbons (Fsp3) is 0. The van der Waals surface area contributed by atoms with Gasteiger partial charge in [-0.3, -0.25) is 0 Å². The summed E-state index contributed by atoms with van der Waals surface area (Å²) in [7, 11) is 0. The highest BCUT2D eigenvalue weighted by Gasteiger charge is 2.30. The van der Waals surface area contributed by atoms with E-state index in [9.17, 15) is 14.4 Å². The predicted octanol–water partition coefficient (Wildman–Crippen LogP) is 8.21. The number of fused-ring (bicyclic) bond motifs is 4. The van der Waals surface area contributed by atoms with Crippen molar-refractivity contribution in [1.29, 1.82) is 0 Å². The van der Waals surface area contributed by atoms with Crippen LogP contribution in [0.3, 0.4) is 0 Å². The summed E-state index contributed by atoms with van der Waals surface area (Å²) < 4.78 is 9.92. The summed E-state index contributed by atoms with van der Waals surface area (Å²) in [5.41, 5.74) is 4.58. The molecular formula is C30H14O5S4. The zero-order chi connectivity index (χ0) is 26.7. The van der Waals surface area contributed by atoms with Crippen LogP contribution in [0.25, 0.3) is 5.76 Å². The normalized spacial score (nSPS) is 14.7. The molecule has 0 fully saturated rings. The Morgan fingerprint density at radius 1 is 0.538 bits per heavy atom. The monoisotopic (exact) mass is 582 g/mol. The first kappa shape index (κ1) is 24.5. The minimum atomic E-state index is -0.595. The second-order valence-electron chi connectivity index (χ2n) is 8.61. The van der Waals surface area contributed by atoms with Crippen LogP contribution in [0.5, 0.6) is 0 Å². The molecule has 3 heterocycles. The number of rotatable bonds is 4. The second-order valence-corrected chi connectivity index (χ2v) is 13.1. The Morgan fingerprint density at radius 3 is 1.59 bits per heavy atom. The quantitative estimate of drug-likeness (QED) is 0.118. The standard InChI is InChI=1S/C30H14O5S4/c1-2-23-21-11-15(3-7-19(21)28(31)34-23)36-17-5-9-24-26(13-17)38-25-10-6-18(14-27(25)39-24)37-16-4-8-20-22(12-16)30(33)35-29(20)32/h3-14H,1H2. The summed E-state index contributed by atoms with van der Waals surface area (Å²) in [4.78, 5) is 44.3. The van der Waals surface area contributed by atoms with Crippen molar-refractivity contribution in [3.05, 3.63) is 107 Å². The van der Waals surface area contributed by atoms with Gasteiger partial charge >= 0.3 is 17.9 Å². The number of carbonyl (C=O) groups is 3. The van der Waals surface area contributed by atoms with E-state index in [1.165, 1.54) is 31.3 Å². The number of hydrogen-bond acceptors (Lipinski definition) is 9. The molecule has 0 saturated heterocycles. The molecule has 188 valence electrons. The topological polar surface area (TPSA) is 69.7 Å². The van der Waals surface area contributed by atoms with E-state index in [0.29, 0.717) is 22.4 Å². The van der Waals surface area contributed by atoms with E-state index in [1.54, 1.807) is 53.5 Å². The summed E-state index contributed by atoms with van der Waals surface area (Å²) >= 11 is 6.63. The molecule has 0 aromatic heterocycles. The van der Waals surface area contributed by atoms with Crippen LogP contribution in [0.1, 0.15) is 36.6 Å². The zero-order valence-corrected chi connectivity index (χ0v) is 23.1. The molecule has 0 unspecified atom stereocenters. The van der Waals surface area contributed by atoms with Gasteiger partial charge in [0.1, 0.15) is 0 Å². The molecule has 0 saturated carbocycles. The summed E-state index contributed by atoms with van der Waals surface area (Å²) in [6, 6.07) is 23.6. The maximum Gasteiger partial charge on any atom is 0.346 e. The maximum atomic E-state index is 12.0. The first-order chi connectivity index (χ1) is 18.9. The van der Waals surface area contributed by atoms with Gasteiger partial charge in [0.05, 0.1) is 16.7 Å². The second kappa shape index (κ2) is 9.55. The molecule has 0 radical (unpaired) electrons. The molecule has 3 aliphatic rings. The van der Waals surface area contributed by atoms with Crippen molar-refractivity contribution >= 4 is 70.7 Å². The average Bonchev–Trinajstić information content (AvgIpc) is 3.41. The predicted molar refractivity (Wildman–Crippen MR) is 150 cm³/mol. The van der Waals surface area contributed by atoms with Crippen molar-refractivity contribution in [3.8, 4) is 0 Å². The Labute approximate surface area is 240 Å². The number of ether oxygens (including phenoxy) is 2. The fourth-order valence-electron chi connectivity index (χ4n) is 4.36. The first-order valence-corrected chi connectivity index (χ1v) is 14.9. The molecule has 39 heavy (non-hydrogen) atoms. The van der Waals surface area contributed by atoms with E-state index in [4.69, 9.17) is 9.47 Å². The summed E-state index contributed by atoms with van der Waals surface area (Å²) in [6.45, 7) is 3.62. The molecule has 9 heteroatoms. The Morgan fingerprint density at radius 2 is 1.00 bits per heavy atom. The van der Waals surface area contributed by atoms with Gasteiger partial charge in [0, 0.05) is 44.7 Å². The highest BCUT2D eigenvalue weighted by atomic mass is 32.2. The molecule has 0 spiro atoms. The molecule has 7 rings (SSSR count). The number of hydrogen-bond donors (Lipinski definition) is 0. The minimum absolute atomic E-state index is 0.314. The molecule has 3 aliphatic heterocycles. The van der Waals surface area contributed by atoms with Crippen LogP contribution < -0.4 is 0 Å². The van der Waals surface area contributed by atoms with Gasteiger partial charge in [0.2, 0.25) is 0 Å². The zero-order valence-electron chi connectivity index (χ0n) is 19.8. The third-order valence-corrected chi connectivity index (χ3v) is 10.7. The summed E-state index contributed by atoms with van der Waals surface area (Å²) in [5, 5.41) is 0. The highest BCUT2D eigenvalue weighted by molar-refractivity contribution is 8.05. The summed E-state index contributed by atoms with van der Waals surface area (Å²) in [6.07, 6.45) is 0. The van der Waals surface area contributed by atoms with Crippen molar-refractivity contribution in [2.45, 2.75) is 39.2 Å². The van der Waals surface area contributed by atoms with E-state index in [-0.39, 0.29) is 5.97 Å². The third-order valence-electron chi connectivity index (χ3n) is 6.17. The molecule has 4 aromatic rings. The first-order valence-electron chi connectivity index (χ1n) is 11.6. The van der Waals surface area contributed by atoms with Gasteiger partial charge in [0.25, 0.3) is 0 Å². The lowest BCUT2D eigenvalue weighted by Crippen LogP contribution is -1.96. The third kappa shape index (κ3) is 4.42. The number of esters is 3. The lowest BCUT2D eigenvalue weighted by atomic mass is 10.1. The van der Waals surface area contributed by atoms with Crippen LogP contribution in [0.15, 0.2) is 124 Å². The van der Waals surface area contributed by atoms with Crippen molar-refractivity contribution < 1.29 is 23.9 Å². The van der Waals surface area contributed by atoms with Gasteiger partial charge in [-0.15, -0.1) is 0 Å². The highest BCUT2D eigenvalue weighted by Crippen LogP contribution is 2.51. The van der Waals surface area contributed by atoms with Gasteiger partial charge in [0.15, 0.2) is 5.76 Å². The van der Waals surface area contributed by atoms with Crippen LogP contribution in [-0.4, -0.2) is 17.9 Å². The Bertz CT molecular complexity index is 1840. The van der Waals surface area contributed by atoms with Crippen molar-refractivity contribution in [1.82, 2.24) is 0 Å². The summed E-state index contributed by atoms with van der Waals surface area (Å²) in [5.74, 6) is -1.18. The smallest absolute Gasteiger partial charge is 0.346 e. The van der Waals surface area contributed by atoms with Gasteiger partial charge in [-0.2, -0.15) is 0 Å². The largest absolute Gasteiger partial charge is 0.414 e. The van der Waals surface area contributed by atoms with Crippen molar-refractivity contribution in [3.63, 3.8) is 0 Å². The molecule has 0 amide bonds. The van der Waals surface area contributed by atoms with Crippen LogP contribution >= 0.6 is 47.0 Å². The van der Waals surface area contributed by atoms with Gasteiger partial charge < -0.3 is 9.47 Å². The SMILES string of the molecule is C=C=C1OC(=O)c2ccc(Sc3ccc4c(c3)Sc3ccc(Sc5ccc6c(c5)C(=O)OC6=O)cc3S4)cc21. The lowest BCUT2D eigenvalue weighted by Gasteiger charge is -2.19. The Kier molecular flexibility index (Phi) is 5.99. The average molecular weight is 583 g/mol. The van der Waals surface area contributed by atoms with Gasteiger partial charge in [-0.25, -0.2) is 14.4 Å². The molecule has 0 N–H and O–H groups in total. The number of cyclic esters (lactones) is 3. The van der Waals surface area contributed by atoms with E-state index in [0.717, 1.165) is 25.1 Å². The van der Waals surface area contributed by atoms with Crippen LogP contribution in [-0.2, 0) is 9.47 Å². The van der Waals surface area contributed by atoms with E-state index < -0.39 is 11.9 Å². The molecule has 0 aliphatic carbocycles. The van der Waals surface area contributed by atoms with Gasteiger partial charge in [-0.05, 0) is 72.8 Å². The van der Waals surface area contributed by atoms with Gasteiger partial charge in [-0.1, -0.05) is 59.4 Å². The van der Waals surface area contributed by atoms with E-state index in [1.807, 2.05) is 18.2 Å². The molecular weight excluding hydrogens is 569 g/mol. The van der Waals surface area contributed by atoms with Crippen LogP contribution in [0, 0.1) is 0 Å². The maximum absolute atomic E-state index is 12.0. The fourth-order valence-corrected chi connectivity index (χ4v) is 8.57. The Hall–Kier alpha value is -3.59. The van der Waals surface area contributed by atoms with E-state index in [2.05, 4.69) is 48.7 Å². The van der Waals surface area contributed by atoms with E-state index >= 15 is 0 Å². The number of carbonyl (C=O) groups excluding carboxylic acids is 3. The van der Waals surface area contributed by atoms with Crippen molar-refractivity contribution in [2.75, 3.05) is 0 Å². The molecule has 4 aromatic carbocycles. The number of benzene rings is 4. The molecule has 0 bridgehead atoms. The Balaban J connectivity index is 1.09. The minimum Gasteiger partial charge on any atom is -0.414 e. The lowest BCUT2D eigenvalue weighted by molar-refractivity contribution is 0.0443. The van der Waals surface area contributed by atoms with Crippen LogP contribution in [0.4, 0.5) is 0 Å². The molecule has 0 atom stereocenters. The molecule has 5 nitrogen and oxygen atoms in total.